The van der Waals surface area contributed by atoms with E-state index in [1.54, 1.807) is 0 Å². The quantitative estimate of drug-likeness (QED) is 0.926. The number of hydrogen-bond acceptors (Lipinski definition) is 5. The highest BCUT2D eigenvalue weighted by molar-refractivity contribution is 5.69. The first kappa shape index (κ1) is 15.4. The van der Waals surface area contributed by atoms with E-state index in [0.717, 1.165) is 49.1 Å². The Morgan fingerprint density at radius 3 is 2.48 bits per heavy atom. The average Bonchev–Trinajstić information content (AvgIpc) is 2.55. The number of nitrogens with zero attached hydrogens (tertiary/aromatic N) is 4. The number of anilines is 1. The number of aliphatic carboxylic acids is 1. The van der Waals surface area contributed by atoms with Crippen LogP contribution in [0.15, 0.2) is 36.4 Å². The number of carboxylic acids is 1. The Morgan fingerprint density at radius 2 is 1.83 bits per heavy atom. The third-order valence-electron chi connectivity index (χ3n) is 3.93. The van der Waals surface area contributed by atoms with Gasteiger partial charge in [-0.15, -0.1) is 0 Å². The summed E-state index contributed by atoms with van der Waals surface area (Å²) in [6.45, 7) is 5.09. The van der Waals surface area contributed by atoms with Crippen LogP contribution in [0.4, 0.5) is 5.82 Å². The number of benzene rings is 1. The molecule has 23 heavy (non-hydrogen) atoms. The molecule has 120 valence electrons. The maximum absolute atomic E-state index is 10.8. The summed E-state index contributed by atoms with van der Waals surface area (Å²) in [6, 6.07) is 11.9. The standard InChI is InChI=1S/C17H20N4O2/c1-13-11-15(19-17(18-13)14-5-3-2-4-6-14)21-9-7-20(8-10-21)12-16(22)23/h2-6,11H,7-10,12H2,1H3,(H,22,23). The fourth-order valence-corrected chi connectivity index (χ4v) is 2.76. The zero-order valence-corrected chi connectivity index (χ0v) is 13.1. The fourth-order valence-electron chi connectivity index (χ4n) is 2.76. The molecule has 0 radical (unpaired) electrons. The first-order valence-corrected chi connectivity index (χ1v) is 7.72. The number of aromatic nitrogens is 2. The summed E-state index contributed by atoms with van der Waals surface area (Å²) in [7, 11) is 0. The Balaban J connectivity index is 1.76. The van der Waals surface area contributed by atoms with Crippen molar-refractivity contribution in [3.63, 3.8) is 0 Å². The molecule has 1 aliphatic rings. The van der Waals surface area contributed by atoms with Gasteiger partial charge in [0.05, 0.1) is 6.54 Å². The Labute approximate surface area is 135 Å². The van der Waals surface area contributed by atoms with Crippen molar-refractivity contribution in [1.29, 1.82) is 0 Å². The first-order valence-electron chi connectivity index (χ1n) is 7.72. The van der Waals surface area contributed by atoms with Crippen LogP contribution in [0.5, 0.6) is 0 Å². The molecule has 0 spiro atoms. The summed E-state index contributed by atoms with van der Waals surface area (Å²) in [5.41, 5.74) is 1.93. The van der Waals surface area contributed by atoms with Gasteiger partial charge in [0.25, 0.3) is 0 Å². The second-order valence-corrected chi connectivity index (χ2v) is 5.71. The van der Waals surface area contributed by atoms with Gasteiger partial charge in [0.2, 0.25) is 0 Å². The van der Waals surface area contributed by atoms with Crippen LogP contribution in [0.3, 0.4) is 0 Å². The Bertz CT molecular complexity index is 682. The van der Waals surface area contributed by atoms with Gasteiger partial charge in [-0.05, 0) is 6.92 Å². The number of carbonyl (C=O) groups is 1. The molecule has 2 heterocycles. The van der Waals surface area contributed by atoms with E-state index in [0.29, 0.717) is 0 Å². The van der Waals surface area contributed by atoms with Crippen molar-refractivity contribution < 1.29 is 9.90 Å². The molecule has 1 saturated heterocycles. The predicted octanol–water partition coefficient (Wildman–Crippen LogP) is 1.66. The maximum Gasteiger partial charge on any atom is 0.317 e. The van der Waals surface area contributed by atoms with Crippen molar-refractivity contribution in [2.45, 2.75) is 6.92 Å². The van der Waals surface area contributed by atoms with Crippen molar-refractivity contribution in [3.8, 4) is 11.4 Å². The van der Waals surface area contributed by atoms with Crippen LogP contribution in [0, 0.1) is 6.92 Å². The lowest BCUT2D eigenvalue weighted by atomic mass is 10.2. The number of hydrogen-bond donors (Lipinski definition) is 1. The molecule has 1 N–H and O–H groups in total. The van der Waals surface area contributed by atoms with Crippen LogP contribution < -0.4 is 4.90 Å². The number of carboxylic acid groups (broad SMARTS) is 1. The van der Waals surface area contributed by atoms with E-state index in [4.69, 9.17) is 10.1 Å². The third-order valence-corrected chi connectivity index (χ3v) is 3.93. The number of aryl methyl sites for hydroxylation is 1. The molecule has 0 bridgehead atoms. The van der Waals surface area contributed by atoms with Gasteiger partial charge in [-0.2, -0.15) is 0 Å². The topological polar surface area (TPSA) is 69.6 Å². The van der Waals surface area contributed by atoms with Gasteiger partial charge in [-0.3, -0.25) is 9.69 Å². The lowest BCUT2D eigenvalue weighted by molar-refractivity contribution is -0.138. The van der Waals surface area contributed by atoms with Crippen LogP contribution in [0.1, 0.15) is 5.69 Å². The minimum Gasteiger partial charge on any atom is -0.480 e. The first-order chi connectivity index (χ1) is 11.1. The molecule has 1 aromatic heterocycles. The highest BCUT2D eigenvalue weighted by atomic mass is 16.4. The second-order valence-electron chi connectivity index (χ2n) is 5.71. The molecule has 0 amide bonds. The van der Waals surface area contributed by atoms with Gasteiger partial charge in [-0.25, -0.2) is 9.97 Å². The van der Waals surface area contributed by atoms with Crippen molar-refractivity contribution >= 4 is 11.8 Å². The van der Waals surface area contributed by atoms with Gasteiger partial charge >= 0.3 is 5.97 Å². The monoisotopic (exact) mass is 312 g/mol. The lowest BCUT2D eigenvalue weighted by Crippen LogP contribution is -2.48. The molecular formula is C17H20N4O2. The van der Waals surface area contributed by atoms with E-state index in [1.165, 1.54) is 0 Å². The van der Waals surface area contributed by atoms with Crippen molar-refractivity contribution in [1.82, 2.24) is 14.9 Å². The molecule has 6 nitrogen and oxygen atoms in total. The van der Waals surface area contributed by atoms with Gasteiger partial charge < -0.3 is 10.0 Å². The molecule has 0 saturated carbocycles. The van der Waals surface area contributed by atoms with Crippen molar-refractivity contribution in [3.05, 3.63) is 42.1 Å². The van der Waals surface area contributed by atoms with Crippen LogP contribution >= 0.6 is 0 Å². The summed E-state index contributed by atoms with van der Waals surface area (Å²) >= 11 is 0. The summed E-state index contributed by atoms with van der Waals surface area (Å²) < 4.78 is 0. The molecule has 1 aliphatic heterocycles. The Kier molecular flexibility index (Phi) is 4.52. The van der Waals surface area contributed by atoms with Gasteiger partial charge in [0, 0.05) is 43.5 Å². The molecule has 6 heteroatoms. The average molecular weight is 312 g/mol. The summed E-state index contributed by atoms with van der Waals surface area (Å²) in [5.74, 6) is 0.864. The van der Waals surface area contributed by atoms with Crippen molar-refractivity contribution in [2.75, 3.05) is 37.6 Å². The molecule has 3 rings (SSSR count). The van der Waals surface area contributed by atoms with Crippen molar-refractivity contribution in [2.24, 2.45) is 0 Å². The number of rotatable bonds is 4. The molecule has 0 atom stereocenters. The van der Waals surface area contributed by atoms with E-state index in [-0.39, 0.29) is 6.54 Å². The molecule has 1 aromatic carbocycles. The zero-order chi connectivity index (χ0) is 16.2. The third kappa shape index (κ3) is 3.84. The Hall–Kier alpha value is -2.47. The molecule has 1 fully saturated rings. The van der Waals surface area contributed by atoms with Gasteiger partial charge in [-0.1, -0.05) is 30.3 Å². The van der Waals surface area contributed by atoms with E-state index < -0.39 is 5.97 Å². The largest absolute Gasteiger partial charge is 0.480 e. The number of piperazine rings is 1. The molecule has 2 aromatic rings. The van der Waals surface area contributed by atoms with Gasteiger partial charge in [0.15, 0.2) is 5.82 Å². The van der Waals surface area contributed by atoms with Crippen LogP contribution in [0.2, 0.25) is 0 Å². The summed E-state index contributed by atoms with van der Waals surface area (Å²) in [6.07, 6.45) is 0. The van der Waals surface area contributed by atoms with Crippen LogP contribution in [0.25, 0.3) is 11.4 Å². The lowest BCUT2D eigenvalue weighted by Gasteiger charge is -2.34. The van der Waals surface area contributed by atoms with Crippen LogP contribution in [-0.4, -0.2) is 58.7 Å². The normalized spacial score (nSPS) is 15.6. The fraction of sp³-hybridized carbons (Fsp3) is 0.353. The van der Waals surface area contributed by atoms with E-state index in [2.05, 4.69) is 9.88 Å². The van der Waals surface area contributed by atoms with E-state index in [1.807, 2.05) is 48.2 Å². The van der Waals surface area contributed by atoms with Gasteiger partial charge in [0.1, 0.15) is 5.82 Å². The van der Waals surface area contributed by atoms with Crippen LogP contribution in [-0.2, 0) is 4.79 Å². The highest BCUT2D eigenvalue weighted by Crippen LogP contribution is 2.20. The smallest absolute Gasteiger partial charge is 0.317 e. The predicted molar refractivity (Wildman–Crippen MR) is 88.5 cm³/mol. The Morgan fingerprint density at radius 1 is 1.13 bits per heavy atom. The SMILES string of the molecule is Cc1cc(N2CCN(CC(=O)O)CC2)nc(-c2ccccc2)n1. The van der Waals surface area contributed by atoms with E-state index in [9.17, 15) is 4.79 Å². The maximum atomic E-state index is 10.8. The molecular weight excluding hydrogens is 292 g/mol. The molecule has 0 aliphatic carbocycles. The minimum atomic E-state index is -0.775. The second kappa shape index (κ2) is 6.75. The summed E-state index contributed by atoms with van der Waals surface area (Å²) in [4.78, 5) is 24.2. The zero-order valence-electron chi connectivity index (χ0n) is 13.1. The highest BCUT2D eigenvalue weighted by Gasteiger charge is 2.20. The minimum absolute atomic E-state index is 0.103. The summed E-state index contributed by atoms with van der Waals surface area (Å²) in [5, 5.41) is 8.87. The van der Waals surface area contributed by atoms with E-state index >= 15 is 0 Å². The molecule has 0 unspecified atom stereocenters.